The Hall–Kier alpha value is -1.63. The van der Waals surface area contributed by atoms with Crippen LogP contribution in [0.2, 0.25) is 0 Å². The van der Waals surface area contributed by atoms with Crippen LogP contribution in [0.1, 0.15) is 48.6 Å². The van der Waals surface area contributed by atoms with Crippen molar-refractivity contribution in [2.75, 3.05) is 0 Å². The summed E-state index contributed by atoms with van der Waals surface area (Å²) in [7, 11) is 0. The van der Waals surface area contributed by atoms with Crippen molar-refractivity contribution in [1.29, 1.82) is 0 Å². The van der Waals surface area contributed by atoms with E-state index >= 15 is 0 Å². The van der Waals surface area contributed by atoms with Crippen molar-refractivity contribution in [2.24, 2.45) is 0 Å². The van der Waals surface area contributed by atoms with Crippen molar-refractivity contribution in [3.05, 3.63) is 17.1 Å². The molecule has 1 aliphatic carbocycles. The van der Waals surface area contributed by atoms with Crippen LogP contribution in [-0.2, 0) is 11.2 Å². The third-order valence-corrected chi connectivity index (χ3v) is 4.30. The van der Waals surface area contributed by atoms with E-state index in [0.717, 1.165) is 12.8 Å². The summed E-state index contributed by atoms with van der Waals surface area (Å²) >= 11 is 1.18. The van der Waals surface area contributed by atoms with Crippen molar-refractivity contribution in [3.63, 3.8) is 0 Å². The van der Waals surface area contributed by atoms with Crippen LogP contribution in [0.25, 0.3) is 0 Å². The fraction of sp³-hybridized carbons (Fsp3) is 0.571. The maximum absolute atomic E-state index is 12.0. The van der Waals surface area contributed by atoms with Crippen LogP contribution >= 0.6 is 11.8 Å². The number of hydrogen-bond acceptors (Lipinski definition) is 5. The van der Waals surface area contributed by atoms with E-state index in [1.165, 1.54) is 11.8 Å². The highest BCUT2D eigenvalue weighted by Gasteiger charge is 2.27. The number of hydrogen-bond donors (Lipinski definition) is 2. The Morgan fingerprint density at radius 2 is 2.10 bits per heavy atom. The Bertz CT molecular complexity index is 573. The molecule has 114 valence electrons. The lowest BCUT2D eigenvalue weighted by Gasteiger charge is -2.14. The van der Waals surface area contributed by atoms with E-state index in [1.54, 1.807) is 13.8 Å². The van der Waals surface area contributed by atoms with Gasteiger partial charge in [-0.1, -0.05) is 18.7 Å². The van der Waals surface area contributed by atoms with Gasteiger partial charge in [-0.05, 0) is 26.7 Å². The lowest BCUT2D eigenvalue weighted by molar-refractivity contribution is -0.120. The molecule has 0 radical (unpaired) electrons. The molecule has 1 heterocycles. The van der Waals surface area contributed by atoms with Gasteiger partial charge in [-0.3, -0.25) is 4.79 Å². The second kappa shape index (κ2) is 6.43. The summed E-state index contributed by atoms with van der Waals surface area (Å²) in [6.45, 7) is 5.33. The molecule has 6 nitrogen and oxygen atoms in total. The average Bonchev–Trinajstić information content (AvgIpc) is 3.21. The van der Waals surface area contributed by atoms with Crippen LogP contribution in [0.15, 0.2) is 5.03 Å². The van der Waals surface area contributed by atoms with Gasteiger partial charge in [-0.25, -0.2) is 14.8 Å². The molecule has 0 aromatic carbocycles. The van der Waals surface area contributed by atoms with Gasteiger partial charge in [0.25, 0.3) is 0 Å². The van der Waals surface area contributed by atoms with Gasteiger partial charge in [0.1, 0.15) is 16.4 Å². The van der Waals surface area contributed by atoms with Crippen molar-refractivity contribution < 1.29 is 14.7 Å². The molecule has 1 unspecified atom stereocenters. The molecular weight excluding hydrogens is 290 g/mol. The van der Waals surface area contributed by atoms with Gasteiger partial charge >= 0.3 is 5.97 Å². The number of aromatic nitrogens is 2. The smallest absolute Gasteiger partial charge is 0.340 e. The second-order valence-electron chi connectivity index (χ2n) is 5.11. The van der Waals surface area contributed by atoms with E-state index in [9.17, 15) is 14.7 Å². The normalized spacial score (nSPS) is 15.6. The maximum Gasteiger partial charge on any atom is 0.340 e. The summed E-state index contributed by atoms with van der Waals surface area (Å²) in [4.78, 5) is 31.8. The van der Waals surface area contributed by atoms with E-state index < -0.39 is 5.97 Å². The Balaban J connectivity index is 2.21. The number of aryl methyl sites for hydroxylation is 2. The van der Waals surface area contributed by atoms with Crippen LogP contribution in [0.3, 0.4) is 0 Å². The van der Waals surface area contributed by atoms with E-state index in [-0.39, 0.29) is 22.8 Å². The standard InChI is InChI=1S/C14H19N3O3S/c1-4-10-15-7(2)11(14(19)20)13(17-10)21-8(3)12(18)16-9-5-6-9/h8-9H,4-6H2,1-3H3,(H,16,18)(H,19,20). The van der Waals surface area contributed by atoms with Gasteiger partial charge in [0.05, 0.1) is 10.9 Å². The van der Waals surface area contributed by atoms with E-state index in [4.69, 9.17) is 0 Å². The molecule has 1 atom stereocenters. The van der Waals surface area contributed by atoms with Crippen molar-refractivity contribution in [2.45, 2.75) is 56.4 Å². The van der Waals surface area contributed by atoms with Crippen LogP contribution in [0, 0.1) is 6.92 Å². The Morgan fingerprint density at radius 3 is 2.62 bits per heavy atom. The summed E-state index contributed by atoms with van der Waals surface area (Å²) in [6.07, 6.45) is 2.67. The summed E-state index contributed by atoms with van der Waals surface area (Å²) in [5.41, 5.74) is 0.523. The summed E-state index contributed by atoms with van der Waals surface area (Å²) < 4.78 is 0. The van der Waals surface area contributed by atoms with E-state index in [2.05, 4.69) is 15.3 Å². The van der Waals surface area contributed by atoms with Crippen LogP contribution in [0.4, 0.5) is 0 Å². The highest BCUT2D eigenvalue weighted by molar-refractivity contribution is 8.00. The zero-order chi connectivity index (χ0) is 15.6. The number of rotatable bonds is 6. The van der Waals surface area contributed by atoms with Gasteiger partial charge in [0, 0.05) is 12.5 Å². The predicted octanol–water partition coefficient (Wildman–Crippen LogP) is 1.80. The fourth-order valence-corrected chi connectivity index (χ4v) is 2.88. The number of aromatic carboxylic acids is 1. The summed E-state index contributed by atoms with van der Waals surface area (Å²) in [5.74, 6) is -0.546. The maximum atomic E-state index is 12.0. The molecule has 1 saturated carbocycles. The summed E-state index contributed by atoms with van der Waals surface area (Å²) in [6, 6.07) is 0.290. The Labute approximate surface area is 127 Å². The predicted molar refractivity (Wildman–Crippen MR) is 79.6 cm³/mol. The van der Waals surface area contributed by atoms with Gasteiger partial charge < -0.3 is 10.4 Å². The number of carbonyl (C=O) groups excluding carboxylic acids is 1. The molecule has 0 aliphatic heterocycles. The zero-order valence-corrected chi connectivity index (χ0v) is 13.2. The first-order valence-electron chi connectivity index (χ1n) is 7.00. The first kappa shape index (κ1) is 15.8. The summed E-state index contributed by atoms with van der Waals surface area (Å²) in [5, 5.41) is 12.2. The van der Waals surface area contributed by atoms with Gasteiger partial charge in [-0.2, -0.15) is 0 Å². The molecule has 1 aliphatic rings. The number of nitrogens with one attached hydrogen (secondary N) is 1. The highest BCUT2D eigenvalue weighted by Crippen LogP contribution is 2.28. The number of carboxylic acids is 1. The van der Waals surface area contributed by atoms with Crippen molar-refractivity contribution in [3.8, 4) is 0 Å². The molecule has 1 aromatic rings. The minimum absolute atomic E-state index is 0.0758. The van der Waals surface area contributed by atoms with Gasteiger partial charge in [0.15, 0.2) is 0 Å². The average molecular weight is 309 g/mol. The van der Waals surface area contributed by atoms with Gasteiger partial charge in [-0.15, -0.1) is 0 Å². The van der Waals surface area contributed by atoms with Crippen LogP contribution in [-0.4, -0.2) is 38.2 Å². The number of thioether (sulfide) groups is 1. The molecule has 1 aromatic heterocycles. The molecule has 2 rings (SSSR count). The molecule has 1 amide bonds. The molecule has 21 heavy (non-hydrogen) atoms. The molecule has 7 heteroatoms. The SMILES string of the molecule is CCc1nc(C)c(C(=O)O)c(SC(C)C(=O)NC2CC2)n1. The molecule has 1 fully saturated rings. The monoisotopic (exact) mass is 309 g/mol. The number of carboxylic acid groups (broad SMARTS) is 1. The fourth-order valence-electron chi connectivity index (χ4n) is 1.86. The first-order chi connectivity index (χ1) is 9.92. The van der Waals surface area contributed by atoms with Crippen LogP contribution < -0.4 is 5.32 Å². The number of carbonyl (C=O) groups is 2. The van der Waals surface area contributed by atoms with Gasteiger partial charge in [0.2, 0.25) is 5.91 Å². The van der Waals surface area contributed by atoms with Crippen molar-refractivity contribution in [1.82, 2.24) is 15.3 Å². The molecule has 2 N–H and O–H groups in total. The van der Waals surface area contributed by atoms with Crippen molar-refractivity contribution >= 4 is 23.6 Å². The minimum Gasteiger partial charge on any atom is -0.478 e. The highest BCUT2D eigenvalue weighted by atomic mass is 32.2. The Morgan fingerprint density at radius 1 is 1.43 bits per heavy atom. The third kappa shape index (κ3) is 3.93. The lowest BCUT2D eigenvalue weighted by Crippen LogP contribution is -2.32. The van der Waals surface area contributed by atoms with E-state index in [0.29, 0.717) is 23.0 Å². The quantitative estimate of drug-likeness (QED) is 0.615. The molecule has 0 saturated heterocycles. The topological polar surface area (TPSA) is 92.2 Å². The Kier molecular flexibility index (Phi) is 4.82. The molecule has 0 spiro atoms. The second-order valence-corrected chi connectivity index (χ2v) is 6.44. The van der Waals surface area contributed by atoms with Crippen LogP contribution in [0.5, 0.6) is 0 Å². The molecular formula is C14H19N3O3S. The van der Waals surface area contributed by atoms with E-state index in [1.807, 2.05) is 6.92 Å². The number of amides is 1. The largest absolute Gasteiger partial charge is 0.478 e. The lowest BCUT2D eigenvalue weighted by atomic mass is 10.2. The first-order valence-corrected chi connectivity index (χ1v) is 7.88. The third-order valence-electron chi connectivity index (χ3n) is 3.21. The minimum atomic E-state index is -1.06. The molecule has 0 bridgehead atoms. The number of nitrogens with zero attached hydrogens (tertiary/aromatic N) is 2. The zero-order valence-electron chi connectivity index (χ0n) is 12.3.